The van der Waals surface area contributed by atoms with Crippen LogP contribution in [0.15, 0.2) is 18.3 Å². The van der Waals surface area contributed by atoms with Crippen molar-refractivity contribution in [1.82, 2.24) is 24.6 Å². The van der Waals surface area contributed by atoms with E-state index in [1.165, 1.54) is 12.8 Å². The molecule has 2 saturated heterocycles. The molecule has 2 fully saturated rings. The third-order valence-corrected chi connectivity index (χ3v) is 5.09. The molecule has 27 heavy (non-hydrogen) atoms. The van der Waals surface area contributed by atoms with Gasteiger partial charge in [-0.05, 0) is 25.8 Å². The Morgan fingerprint density at radius 1 is 1.30 bits per heavy atom. The maximum atomic E-state index is 12.6. The van der Waals surface area contributed by atoms with Gasteiger partial charge in [-0.3, -0.25) is 10.00 Å². The second-order valence-corrected chi connectivity index (χ2v) is 7.01. The van der Waals surface area contributed by atoms with Crippen LogP contribution in [-0.4, -0.2) is 63.5 Å². The van der Waals surface area contributed by atoms with Crippen molar-refractivity contribution >= 4 is 17.8 Å². The number of hydrogen-bond acceptors (Lipinski definition) is 6. The van der Waals surface area contributed by atoms with Gasteiger partial charge in [0.15, 0.2) is 5.82 Å². The van der Waals surface area contributed by atoms with E-state index in [0.717, 1.165) is 30.4 Å². The van der Waals surface area contributed by atoms with Gasteiger partial charge in [0.2, 0.25) is 5.95 Å². The lowest BCUT2D eigenvalue weighted by Crippen LogP contribution is -2.44. The molecule has 1 atom stereocenters. The molecule has 2 aromatic rings. The smallest absolute Gasteiger partial charge is 0.323 e. The van der Waals surface area contributed by atoms with Gasteiger partial charge in [0, 0.05) is 44.6 Å². The Morgan fingerprint density at radius 2 is 2.11 bits per heavy atom. The Balaban J connectivity index is 1.43. The maximum Gasteiger partial charge on any atom is 0.323 e. The van der Waals surface area contributed by atoms with Crippen molar-refractivity contribution in [2.24, 2.45) is 7.05 Å². The van der Waals surface area contributed by atoms with Crippen molar-refractivity contribution in [3.63, 3.8) is 0 Å². The summed E-state index contributed by atoms with van der Waals surface area (Å²) >= 11 is 0. The Labute approximate surface area is 158 Å². The maximum absolute atomic E-state index is 12.6. The number of nitrogens with zero attached hydrogens (tertiary/aromatic N) is 6. The van der Waals surface area contributed by atoms with Gasteiger partial charge in [-0.2, -0.15) is 5.10 Å². The Morgan fingerprint density at radius 3 is 2.85 bits per heavy atom. The van der Waals surface area contributed by atoms with Gasteiger partial charge >= 0.3 is 6.03 Å². The van der Waals surface area contributed by atoms with Gasteiger partial charge in [0.05, 0.1) is 18.8 Å². The molecule has 0 radical (unpaired) electrons. The first-order valence-electron chi connectivity index (χ1n) is 9.36. The SMILES string of the molecule is Cc1cc(NC(=O)N2CCOC(c3ccnc(N4CCCC4)n3)C2)nn1C. The summed E-state index contributed by atoms with van der Waals surface area (Å²) in [5.74, 6) is 1.31. The van der Waals surface area contributed by atoms with Gasteiger partial charge in [-0.15, -0.1) is 0 Å². The molecule has 0 aliphatic carbocycles. The Bertz CT molecular complexity index is 796. The normalized spacial score (nSPS) is 20.1. The van der Waals surface area contributed by atoms with Crippen LogP contribution < -0.4 is 10.2 Å². The average Bonchev–Trinajstić information content (AvgIpc) is 3.32. The van der Waals surface area contributed by atoms with Crippen molar-refractivity contribution in [2.75, 3.05) is 43.0 Å². The lowest BCUT2D eigenvalue weighted by molar-refractivity contribution is -0.0157. The van der Waals surface area contributed by atoms with Gasteiger partial charge in [-0.1, -0.05) is 0 Å². The lowest BCUT2D eigenvalue weighted by Gasteiger charge is -2.32. The van der Waals surface area contributed by atoms with E-state index in [1.54, 1.807) is 15.8 Å². The number of nitrogens with one attached hydrogen (secondary N) is 1. The van der Waals surface area contributed by atoms with E-state index in [0.29, 0.717) is 25.5 Å². The molecule has 1 unspecified atom stereocenters. The summed E-state index contributed by atoms with van der Waals surface area (Å²) < 4.78 is 7.62. The molecular formula is C18H25N7O2. The standard InChI is InChI=1S/C18H25N7O2/c1-13-11-16(22-23(13)2)21-18(26)25-9-10-27-15(12-25)14-5-6-19-17(20-14)24-7-3-4-8-24/h5-6,11,15H,3-4,7-10,12H2,1-2H3,(H,21,22,26). The fraction of sp³-hybridized carbons (Fsp3) is 0.556. The first-order valence-corrected chi connectivity index (χ1v) is 9.36. The number of morpholine rings is 1. The first kappa shape index (κ1) is 17.7. The zero-order valence-electron chi connectivity index (χ0n) is 15.8. The predicted octanol–water partition coefficient (Wildman–Crippen LogP) is 1.72. The molecule has 1 N–H and O–H groups in total. The van der Waals surface area contributed by atoms with Crippen LogP contribution in [0.5, 0.6) is 0 Å². The van der Waals surface area contributed by atoms with E-state index in [1.807, 2.05) is 26.1 Å². The number of aryl methyl sites for hydroxylation is 2. The third kappa shape index (κ3) is 3.87. The highest BCUT2D eigenvalue weighted by molar-refractivity contribution is 5.88. The second kappa shape index (κ2) is 7.51. The monoisotopic (exact) mass is 371 g/mol. The fourth-order valence-electron chi connectivity index (χ4n) is 3.43. The second-order valence-electron chi connectivity index (χ2n) is 7.01. The van der Waals surface area contributed by atoms with Crippen LogP contribution in [0.3, 0.4) is 0 Å². The molecule has 2 aliphatic rings. The summed E-state index contributed by atoms with van der Waals surface area (Å²) in [5, 5.41) is 7.14. The van der Waals surface area contributed by atoms with Gasteiger partial charge in [-0.25, -0.2) is 14.8 Å². The summed E-state index contributed by atoms with van der Waals surface area (Å²) in [5.41, 5.74) is 1.80. The molecule has 9 nitrogen and oxygen atoms in total. The highest BCUT2D eigenvalue weighted by Gasteiger charge is 2.27. The van der Waals surface area contributed by atoms with Crippen molar-refractivity contribution in [2.45, 2.75) is 25.9 Å². The van der Waals surface area contributed by atoms with E-state index >= 15 is 0 Å². The Hall–Kier alpha value is -2.68. The number of hydrogen-bond donors (Lipinski definition) is 1. The van der Waals surface area contributed by atoms with Gasteiger partial charge < -0.3 is 14.5 Å². The quantitative estimate of drug-likeness (QED) is 0.884. The minimum Gasteiger partial charge on any atom is -0.368 e. The fourth-order valence-corrected chi connectivity index (χ4v) is 3.43. The number of urea groups is 1. The molecule has 4 rings (SSSR count). The van der Waals surface area contributed by atoms with Crippen LogP contribution in [0.4, 0.5) is 16.6 Å². The summed E-state index contributed by atoms with van der Waals surface area (Å²) in [4.78, 5) is 25.6. The molecule has 4 heterocycles. The van der Waals surface area contributed by atoms with Crippen molar-refractivity contribution in [1.29, 1.82) is 0 Å². The third-order valence-electron chi connectivity index (χ3n) is 5.09. The van der Waals surface area contributed by atoms with E-state index in [9.17, 15) is 4.79 Å². The lowest BCUT2D eigenvalue weighted by atomic mass is 10.2. The van der Waals surface area contributed by atoms with Crippen molar-refractivity contribution in [3.8, 4) is 0 Å². The van der Waals surface area contributed by atoms with Gasteiger partial charge in [0.1, 0.15) is 6.10 Å². The number of carbonyl (C=O) groups excluding carboxylic acids is 1. The van der Waals surface area contributed by atoms with E-state index < -0.39 is 0 Å². The van der Waals surface area contributed by atoms with Crippen LogP contribution >= 0.6 is 0 Å². The largest absolute Gasteiger partial charge is 0.368 e. The molecule has 2 amide bonds. The first-order chi connectivity index (χ1) is 13.1. The summed E-state index contributed by atoms with van der Waals surface area (Å²) in [7, 11) is 1.85. The zero-order valence-corrected chi connectivity index (χ0v) is 15.8. The van der Waals surface area contributed by atoms with Crippen molar-refractivity contribution in [3.05, 3.63) is 29.7 Å². The number of anilines is 2. The van der Waals surface area contributed by atoms with E-state index in [2.05, 4.69) is 25.3 Å². The zero-order chi connectivity index (χ0) is 18.8. The van der Waals surface area contributed by atoms with Crippen molar-refractivity contribution < 1.29 is 9.53 Å². The van der Waals surface area contributed by atoms with E-state index in [4.69, 9.17) is 4.74 Å². The van der Waals surface area contributed by atoms with Crippen LogP contribution in [0.1, 0.15) is 30.3 Å². The molecule has 0 aromatic carbocycles. The van der Waals surface area contributed by atoms with Crippen LogP contribution in [-0.2, 0) is 11.8 Å². The highest BCUT2D eigenvalue weighted by atomic mass is 16.5. The average molecular weight is 371 g/mol. The van der Waals surface area contributed by atoms with E-state index in [-0.39, 0.29) is 12.1 Å². The van der Waals surface area contributed by atoms with Crippen LogP contribution in [0.2, 0.25) is 0 Å². The summed E-state index contributed by atoms with van der Waals surface area (Å²) in [6.45, 7) is 5.40. The van der Waals surface area contributed by atoms with Crippen LogP contribution in [0, 0.1) is 6.92 Å². The van der Waals surface area contributed by atoms with Gasteiger partial charge in [0.25, 0.3) is 0 Å². The molecule has 144 valence electrons. The number of amides is 2. The minimum absolute atomic E-state index is 0.171. The summed E-state index contributed by atoms with van der Waals surface area (Å²) in [6.07, 6.45) is 3.87. The molecule has 0 saturated carbocycles. The minimum atomic E-state index is -0.251. The number of aromatic nitrogens is 4. The molecule has 2 aromatic heterocycles. The number of rotatable bonds is 3. The predicted molar refractivity (Wildman–Crippen MR) is 101 cm³/mol. The molecule has 2 aliphatic heterocycles. The topological polar surface area (TPSA) is 88.4 Å². The number of carbonyl (C=O) groups is 1. The molecule has 0 bridgehead atoms. The highest BCUT2D eigenvalue weighted by Crippen LogP contribution is 2.23. The molecular weight excluding hydrogens is 346 g/mol. The number of ether oxygens (including phenoxy) is 1. The summed E-state index contributed by atoms with van der Waals surface area (Å²) in [6, 6.07) is 3.55. The molecule has 0 spiro atoms. The Kier molecular flexibility index (Phi) is 4.93. The van der Waals surface area contributed by atoms with Crippen LogP contribution in [0.25, 0.3) is 0 Å². The molecule has 9 heteroatoms.